The van der Waals surface area contributed by atoms with Crippen molar-refractivity contribution < 1.29 is 0 Å². The number of benzene rings is 1. The SMILES string of the molecule is Cc1cc(C#N)ccc1Nc1cc2c(cn1)n(C)c(=O)n2C1CCCC1. The average molecular weight is 347 g/mol. The third kappa shape index (κ3) is 2.66. The van der Waals surface area contributed by atoms with Gasteiger partial charge in [-0.15, -0.1) is 0 Å². The van der Waals surface area contributed by atoms with Gasteiger partial charge in [-0.25, -0.2) is 9.78 Å². The van der Waals surface area contributed by atoms with E-state index in [1.54, 1.807) is 23.9 Å². The van der Waals surface area contributed by atoms with Crippen molar-refractivity contribution in [3.8, 4) is 6.07 Å². The molecule has 6 heteroatoms. The van der Waals surface area contributed by atoms with Crippen LogP contribution in [0.15, 0.2) is 35.3 Å². The van der Waals surface area contributed by atoms with Gasteiger partial charge in [0.25, 0.3) is 0 Å². The van der Waals surface area contributed by atoms with Gasteiger partial charge in [-0.1, -0.05) is 12.8 Å². The lowest BCUT2D eigenvalue weighted by atomic mass is 10.1. The molecule has 3 aromatic rings. The monoisotopic (exact) mass is 347 g/mol. The number of nitriles is 1. The molecule has 1 fully saturated rings. The van der Waals surface area contributed by atoms with Gasteiger partial charge in [0.15, 0.2) is 0 Å². The summed E-state index contributed by atoms with van der Waals surface area (Å²) in [6.45, 7) is 1.96. The third-order valence-corrected chi connectivity index (χ3v) is 5.28. The van der Waals surface area contributed by atoms with E-state index in [9.17, 15) is 4.79 Å². The Hall–Kier alpha value is -3.07. The standard InChI is InChI=1S/C20H21N5O/c1-13-9-14(11-21)7-8-16(13)23-19-10-17-18(12-22-19)24(2)20(26)25(17)15-5-3-4-6-15/h7-10,12,15H,3-6H2,1-2H3,(H,22,23). The van der Waals surface area contributed by atoms with Gasteiger partial charge in [-0.2, -0.15) is 5.26 Å². The highest BCUT2D eigenvalue weighted by Gasteiger charge is 2.23. The molecule has 1 aromatic carbocycles. The van der Waals surface area contributed by atoms with Gasteiger partial charge in [0.1, 0.15) is 5.82 Å². The van der Waals surface area contributed by atoms with Crippen LogP contribution >= 0.6 is 0 Å². The van der Waals surface area contributed by atoms with E-state index in [0.717, 1.165) is 35.1 Å². The number of aryl methyl sites for hydroxylation is 2. The molecule has 0 spiro atoms. The molecule has 0 atom stereocenters. The molecular weight excluding hydrogens is 326 g/mol. The highest BCUT2D eigenvalue weighted by molar-refractivity contribution is 5.79. The first kappa shape index (κ1) is 16.4. The van der Waals surface area contributed by atoms with E-state index in [2.05, 4.69) is 16.4 Å². The molecule has 4 rings (SSSR count). The minimum atomic E-state index is 0.0282. The van der Waals surface area contributed by atoms with Crippen molar-refractivity contribution >= 4 is 22.5 Å². The summed E-state index contributed by atoms with van der Waals surface area (Å²) in [5.41, 5.74) is 4.32. The number of fused-ring (bicyclic) bond motifs is 1. The van der Waals surface area contributed by atoms with E-state index in [1.165, 1.54) is 12.8 Å². The summed E-state index contributed by atoms with van der Waals surface area (Å²) in [4.78, 5) is 17.2. The molecule has 26 heavy (non-hydrogen) atoms. The number of hydrogen-bond donors (Lipinski definition) is 1. The molecule has 0 radical (unpaired) electrons. The van der Waals surface area contributed by atoms with E-state index < -0.39 is 0 Å². The molecule has 1 aliphatic carbocycles. The van der Waals surface area contributed by atoms with Gasteiger partial charge in [0.05, 0.1) is 28.9 Å². The van der Waals surface area contributed by atoms with Crippen LogP contribution in [0.2, 0.25) is 0 Å². The van der Waals surface area contributed by atoms with Crippen LogP contribution in [0.5, 0.6) is 0 Å². The number of pyridine rings is 1. The Balaban J connectivity index is 1.77. The van der Waals surface area contributed by atoms with E-state index in [4.69, 9.17) is 5.26 Å². The zero-order valence-corrected chi connectivity index (χ0v) is 15.0. The van der Waals surface area contributed by atoms with Crippen LogP contribution in [0.1, 0.15) is 42.9 Å². The van der Waals surface area contributed by atoms with Gasteiger partial charge in [-0.3, -0.25) is 9.13 Å². The van der Waals surface area contributed by atoms with E-state index in [-0.39, 0.29) is 11.7 Å². The van der Waals surface area contributed by atoms with E-state index >= 15 is 0 Å². The first-order valence-electron chi connectivity index (χ1n) is 8.93. The van der Waals surface area contributed by atoms with Crippen LogP contribution in [0.3, 0.4) is 0 Å². The maximum Gasteiger partial charge on any atom is 0.329 e. The average Bonchev–Trinajstić information content (AvgIpc) is 3.24. The summed E-state index contributed by atoms with van der Waals surface area (Å²) >= 11 is 0. The first-order valence-corrected chi connectivity index (χ1v) is 8.93. The van der Waals surface area contributed by atoms with Crippen molar-refractivity contribution in [3.05, 3.63) is 52.1 Å². The van der Waals surface area contributed by atoms with Crippen molar-refractivity contribution in [3.63, 3.8) is 0 Å². The summed E-state index contributed by atoms with van der Waals surface area (Å²) in [5, 5.41) is 12.3. The maximum absolute atomic E-state index is 12.7. The minimum absolute atomic E-state index is 0.0282. The second kappa shape index (κ2) is 6.34. The number of rotatable bonds is 3. The van der Waals surface area contributed by atoms with Crippen LogP contribution in [0, 0.1) is 18.3 Å². The fraction of sp³-hybridized carbons (Fsp3) is 0.350. The highest BCUT2D eigenvalue weighted by atomic mass is 16.1. The molecule has 1 aliphatic rings. The molecule has 1 N–H and O–H groups in total. The lowest BCUT2D eigenvalue weighted by Crippen LogP contribution is -2.24. The smallest absolute Gasteiger partial charge is 0.329 e. The third-order valence-electron chi connectivity index (χ3n) is 5.28. The molecule has 132 valence electrons. The number of hydrogen-bond acceptors (Lipinski definition) is 4. The molecule has 0 unspecified atom stereocenters. The van der Waals surface area contributed by atoms with Gasteiger partial charge in [-0.05, 0) is 43.5 Å². The Labute approximate surface area is 151 Å². The number of nitrogens with zero attached hydrogens (tertiary/aromatic N) is 4. The fourth-order valence-electron chi connectivity index (χ4n) is 3.85. The zero-order valence-electron chi connectivity index (χ0n) is 15.0. The lowest BCUT2D eigenvalue weighted by Gasteiger charge is -2.12. The Morgan fingerprint density at radius 3 is 2.69 bits per heavy atom. The fourth-order valence-corrected chi connectivity index (χ4v) is 3.85. The Bertz CT molecular complexity index is 1080. The number of anilines is 2. The molecular formula is C20H21N5O. The Kier molecular flexibility index (Phi) is 4.00. The van der Waals surface area contributed by atoms with Crippen LogP contribution in [0.25, 0.3) is 11.0 Å². The Morgan fingerprint density at radius 1 is 1.23 bits per heavy atom. The van der Waals surface area contributed by atoms with Crippen LogP contribution in [-0.4, -0.2) is 14.1 Å². The van der Waals surface area contributed by atoms with Gasteiger partial charge < -0.3 is 5.32 Å². The molecule has 0 bridgehead atoms. The van der Waals surface area contributed by atoms with E-state index in [0.29, 0.717) is 11.4 Å². The second-order valence-electron chi connectivity index (χ2n) is 6.97. The van der Waals surface area contributed by atoms with Gasteiger partial charge in [0.2, 0.25) is 0 Å². The van der Waals surface area contributed by atoms with Crippen molar-refractivity contribution in [2.75, 3.05) is 5.32 Å². The molecule has 2 heterocycles. The summed E-state index contributed by atoms with van der Waals surface area (Å²) in [6.07, 6.45) is 6.21. The largest absolute Gasteiger partial charge is 0.340 e. The molecule has 2 aromatic heterocycles. The maximum atomic E-state index is 12.7. The van der Waals surface area contributed by atoms with Crippen LogP contribution in [-0.2, 0) is 7.05 Å². The molecule has 1 saturated carbocycles. The van der Waals surface area contributed by atoms with Gasteiger partial charge in [0, 0.05) is 24.8 Å². The van der Waals surface area contributed by atoms with Crippen LogP contribution in [0.4, 0.5) is 11.5 Å². The summed E-state index contributed by atoms with van der Waals surface area (Å²) in [7, 11) is 1.80. The van der Waals surface area contributed by atoms with Crippen molar-refractivity contribution in [2.45, 2.75) is 38.6 Å². The molecule has 0 amide bonds. The minimum Gasteiger partial charge on any atom is -0.340 e. The normalized spacial score (nSPS) is 14.7. The predicted molar refractivity (Wildman–Crippen MR) is 102 cm³/mol. The Morgan fingerprint density at radius 2 is 2.00 bits per heavy atom. The zero-order chi connectivity index (χ0) is 18.3. The number of nitrogens with one attached hydrogen (secondary N) is 1. The first-order chi connectivity index (χ1) is 12.6. The van der Waals surface area contributed by atoms with Crippen molar-refractivity contribution in [1.82, 2.24) is 14.1 Å². The summed E-state index contributed by atoms with van der Waals surface area (Å²) in [5.74, 6) is 0.697. The second-order valence-corrected chi connectivity index (χ2v) is 6.97. The molecule has 6 nitrogen and oxygen atoms in total. The lowest BCUT2D eigenvalue weighted by molar-refractivity contribution is 0.509. The number of aromatic nitrogens is 3. The molecule has 0 saturated heterocycles. The summed E-state index contributed by atoms with van der Waals surface area (Å²) in [6, 6.07) is 9.89. The topological polar surface area (TPSA) is 75.6 Å². The van der Waals surface area contributed by atoms with Crippen molar-refractivity contribution in [2.24, 2.45) is 7.05 Å². The summed E-state index contributed by atoms with van der Waals surface area (Å²) < 4.78 is 3.61. The quantitative estimate of drug-likeness (QED) is 0.782. The van der Waals surface area contributed by atoms with Crippen molar-refractivity contribution in [1.29, 1.82) is 5.26 Å². The van der Waals surface area contributed by atoms with E-state index in [1.807, 2.05) is 29.7 Å². The van der Waals surface area contributed by atoms with Gasteiger partial charge >= 0.3 is 5.69 Å². The predicted octanol–water partition coefficient (Wildman–Crippen LogP) is 3.77. The number of imidazole rings is 1. The molecule has 0 aliphatic heterocycles. The highest BCUT2D eigenvalue weighted by Crippen LogP contribution is 2.32. The van der Waals surface area contributed by atoms with Crippen LogP contribution < -0.4 is 11.0 Å².